The minimum absolute atomic E-state index is 0.0217. The largest absolute Gasteiger partial charge is 0.463 e. The molecule has 0 atom stereocenters. The monoisotopic (exact) mass is 292 g/mol. The van der Waals surface area contributed by atoms with Crippen molar-refractivity contribution in [2.45, 2.75) is 33.1 Å². The maximum atomic E-state index is 12.7. The molecular weight excluding hydrogens is 272 g/mol. The Bertz CT molecular complexity index is 878. The molecule has 1 heterocycles. The summed E-state index contributed by atoms with van der Waals surface area (Å²) in [4.78, 5) is 12.7. The molecule has 1 aromatic heterocycles. The Labute approximate surface area is 130 Å². The third kappa shape index (κ3) is 2.57. The van der Waals surface area contributed by atoms with Crippen LogP contribution in [-0.2, 0) is 5.41 Å². The van der Waals surface area contributed by atoms with Crippen LogP contribution in [0.3, 0.4) is 0 Å². The lowest BCUT2D eigenvalue weighted by Gasteiger charge is -2.19. The smallest absolute Gasteiger partial charge is 0.200 e. The number of rotatable bonds is 1. The highest BCUT2D eigenvalue weighted by molar-refractivity contribution is 5.82. The Morgan fingerprint density at radius 2 is 1.64 bits per heavy atom. The molecule has 0 N–H and O–H groups in total. The highest BCUT2D eigenvalue weighted by Crippen LogP contribution is 2.26. The van der Waals surface area contributed by atoms with Crippen molar-refractivity contribution in [1.29, 1.82) is 0 Å². The van der Waals surface area contributed by atoms with E-state index in [2.05, 4.69) is 32.9 Å². The van der Waals surface area contributed by atoms with Crippen molar-refractivity contribution in [2.24, 2.45) is 0 Å². The van der Waals surface area contributed by atoms with Gasteiger partial charge in [-0.3, -0.25) is 4.79 Å². The zero-order valence-corrected chi connectivity index (χ0v) is 13.4. The molecule has 0 unspecified atom stereocenters. The summed E-state index contributed by atoms with van der Waals surface area (Å²) in [5, 5.41) is 0.636. The van der Waals surface area contributed by atoms with Crippen LogP contribution in [-0.4, -0.2) is 0 Å². The first-order valence-electron chi connectivity index (χ1n) is 7.49. The van der Waals surface area contributed by atoms with Crippen LogP contribution in [0.4, 0.5) is 0 Å². The van der Waals surface area contributed by atoms with E-state index in [9.17, 15) is 4.79 Å². The summed E-state index contributed by atoms with van der Waals surface area (Å²) in [7, 11) is 0. The van der Waals surface area contributed by atoms with E-state index in [0.717, 1.165) is 11.1 Å². The summed E-state index contributed by atoms with van der Waals surface area (Å²) >= 11 is 0. The molecule has 2 nitrogen and oxygen atoms in total. The van der Waals surface area contributed by atoms with Crippen LogP contribution < -0.4 is 5.43 Å². The molecule has 0 saturated heterocycles. The zero-order valence-electron chi connectivity index (χ0n) is 13.4. The average molecular weight is 292 g/mol. The van der Waals surface area contributed by atoms with Crippen molar-refractivity contribution in [3.05, 3.63) is 70.1 Å². The Morgan fingerprint density at radius 1 is 0.955 bits per heavy atom. The summed E-state index contributed by atoms with van der Waals surface area (Å²) in [6.45, 7) is 8.50. The van der Waals surface area contributed by atoms with E-state index in [0.29, 0.717) is 16.5 Å². The second kappa shape index (κ2) is 5.13. The van der Waals surface area contributed by atoms with Gasteiger partial charge in [-0.05, 0) is 35.6 Å². The molecule has 22 heavy (non-hydrogen) atoms. The van der Waals surface area contributed by atoms with Gasteiger partial charge in [0, 0.05) is 0 Å². The molecule has 0 fully saturated rings. The Hall–Kier alpha value is -2.35. The van der Waals surface area contributed by atoms with Crippen LogP contribution in [0.1, 0.15) is 31.9 Å². The number of hydrogen-bond acceptors (Lipinski definition) is 2. The first-order valence-corrected chi connectivity index (χ1v) is 7.49. The molecule has 3 rings (SSSR count). The normalized spacial score (nSPS) is 11.8. The van der Waals surface area contributed by atoms with Crippen molar-refractivity contribution in [3.63, 3.8) is 0 Å². The van der Waals surface area contributed by atoms with E-state index >= 15 is 0 Å². The molecule has 2 aromatic carbocycles. The summed E-state index contributed by atoms with van der Waals surface area (Å²) in [5.74, 6) is 0. The topological polar surface area (TPSA) is 30.2 Å². The average Bonchev–Trinajstić information content (AvgIpc) is 2.47. The van der Waals surface area contributed by atoms with Gasteiger partial charge in [0.15, 0.2) is 5.43 Å². The first kappa shape index (κ1) is 14.6. The van der Waals surface area contributed by atoms with Gasteiger partial charge in [-0.15, -0.1) is 0 Å². The Kier molecular flexibility index (Phi) is 3.40. The Morgan fingerprint density at radius 3 is 2.27 bits per heavy atom. The third-order valence-electron chi connectivity index (χ3n) is 3.99. The molecule has 0 aliphatic heterocycles. The maximum Gasteiger partial charge on any atom is 0.200 e. The molecule has 0 saturated carbocycles. The van der Waals surface area contributed by atoms with E-state index in [1.807, 2.05) is 37.3 Å². The fourth-order valence-electron chi connectivity index (χ4n) is 2.59. The van der Waals surface area contributed by atoms with Crippen molar-refractivity contribution < 1.29 is 4.42 Å². The lowest BCUT2D eigenvalue weighted by molar-refractivity contribution is 0.590. The standard InChI is InChI=1S/C20H20O2/c1-13-5-10-18-16(11-13)19(21)17(12-22-18)14-6-8-15(9-7-14)20(2,3)4/h5-12H,1-4H3. The fraction of sp³-hybridized carbons (Fsp3) is 0.250. The predicted octanol–water partition coefficient (Wildman–Crippen LogP) is 5.07. The maximum absolute atomic E-state index is 12.7. The first-order chi connectivity index (χ1) is 10.4. The molecule has 2 heteroatoms. The van der Waals surface area contributed by atoms with Gasteiger partial charge in [0.1, 0.15) is 11.8 Å². The molecule has 0 bridgehead atoms. The highest BCUT2D eigenvalue weighted by Gasteiger charge is 2.14. The van der Waals surface area contributed by atoms with Crippen LogP contribution in [0.15, 0.2) is 57.9 Å². The van der Waals surface area contributed by atoms with Gasteiger partial charge in [-0.2, -0.15) is 0 Å². The fourth-order valence-corrected chi connectivity index (χ4v) is 2.59. The lowest BCUT2D eigenvalue weighted by Crippen LogP contribution is -2.11. The van der Waals surface area contributed by atoms with Gasteiger partial charge in [0.05, 0.1) is 10.9 Å². The molecule has 0 amide bonds. The summed E-state index contributed by atoms with van der Waals surface area (Å²) in [6.07, 6.45) is 1.56. The van der Waals surface area contributed by atoms with Crippen molar-refractivity contribution in [3.8, 4) is 11.1 Å². The predicted molar refractivity (Wildman–Crippen MR) is 91.4 cm³/mol. The molecule has 0 spiro atoms. The Balaban J connectivity index is 2.14. The molecule has 0 radical (unpaired) electrons. The van der Waals surface area contributed by atoms with Gasteiger partial charge in [-0.25, -0.2) is 0 Å². The van der Waals surface area contributed by atoms with E-state index in [1.54, 1.807) is 6.26 Å². The minimum atomic E-state index is 0.0217. The van der Waals surface area contributed by atoms with Crippen LogP contribution >= 0.6 is 0 Å². The second-order valence-corrected chi connectivity index (χ2v) is 6.81. The van der Waals surface area contributed by atoms with Gasteiger partial charge >= 0.3 is 0 Å². The van der Waals surface area contributed by atoms with Crippen molar-refractivity contribution in [2.75, 3.05) is 0 Å². The molecule has 112 valence electrons. The van der Waals surface area contributed by atoms with E-state index in [1.165, 1.54) is 5.56 Å². The molecule has 0 aliphatic rings. The van der Waals surface area contributed by atoms with Gasteiger partial charge in [-0.1, -0.05) is 56.7 Å². The lowest BCUT2D eigenvalue weighted by atomic mass is 9.86. The number of benzene rings is 2. The number of fused-ring (bicyclic) bond motifs is 1. The SMILES string of the molecule is Cc1ccc2occ(-c3ccc(C(C)(C)C)cc3)c(=O)c2c1. The minimum Gasteiger partial charge on any atom is -0.463 e. The second-order valence-electron chi connectivity index (χ2n) is 6.81. The van der Waals surface area contributed by atoms with Gasteiger partial charge in [0.2, 0.25) is 0 Å². The van der Waals surface area contributed by atoms with Gasteiger partial charge < -0.3 is 4.42 Å². The van der Waals surface area contributed by atoms with Crippen molar-refractivity contribution in [1.82, 2.24) is 0 Å². The summed E-state index contributed by atoms with van der Waals surface area (Å²) in [5.41, 5.74) is 4.56. The number of hydrogen-bond donors (Lipinski definition) is 0. The quantitative estimate of drug-likeness (QED) is 0.627. The van der Waals surface area contributed by atoms with E-state index in [-0.39, 0.29) is 10.8 Å². The number of aryl methyl sites for hydroxylation is 1. The van der Waals surface area contributed by atoms with Gasteiger partial charge in [0.25, 0.3) is 0 Å². The van der Waals surface area contributed by atoms with Crippen LogP contribution in [0.2, 0.25) is 0 Å². The highest BCUT2D eigenvalue weighted by atomic mass is 16.3. The summed E-state index contributed by atoms with van der Waals surface area (Å²) < 4.78 is 5.63. The molecule has 3 aromatic rings. The van der Waals surface area contributed by atoms with E-state index < -0.39 is 0 Å². The van der Waals surface area contributed by atoms with Crippen molar-refractivity contribution >= 4 is 11.0 Å². The van der Waals surface area contributed by atoms with E-state index in [4.69, 9.17) is 4.42 Å². The van der Waals surface area contributed by atoms with Crippen LogP contribution in [0, 0.1) is 6.92 Å². The van der Waals surface area contributed by atoms with Crippen LogP contribution in [0.5, 0.6) is 0 Å². The molecular formula is C20H20O2. The van der Waals surface area contributed by atoms with Crippen LogP contribution in [0.25, 0.3) is 22.1 Å². The molecule has 0 aliphatic carbocycles. The summed E-state index contributed by atoms with van der Waals surface area (Å²) in [6, 6.07) is 13.8. The third-order valence-corrected chi connectivity index (χ3v) is 3.99. The zero-order chi connectivity index (χ0) is 15.9.